The molecule has 4 aromatic carbocycles. The number of benzene rings is 4. The molecule has 2 aliphatic heterocycles. The van der Waals surface area contributed by atoms with Gasteiger partial charge in [0, 0.05) is 28.4 Å². The summed E-state index contributed by atoms with van der Waals surface area (Å²) in [6.45, 7) is 8.35. The third-order valence-corrected chi connectivity index (χ3v) is 6.79. The van der Waals surface area contributed by atoms with Crippen molar-refractivity contribution >= 4 is 22.7 Å². The van der Waals surface area contributed by atoms with E-state index in [1.54, 1.807) is 12.1 Å². The Balaban J connectivity index is 0.00000308. The Morgan fingerprint density at radius 1 is 0.769 bits per heavy atom. The Kier molecular flexibility index (Phi) is 7.42. The van der Waals surface area contributed by atoms with E-state index in [1.165, 1.54) is 12.1 Å². The number of nitrogens with zero attached hydrogens (tertiary/aromatic N) is 4. The molecule has 0 unspecified atom stereocenters. The van der Waals surface area contributed by atoms with Gasteiger partial charge in [0.2, 0.25) is 0 Å². The first kappa shape index (κ1) is 26.8. The SMILES string of the molecule is CN1C=CN(c2[c-]c(Oc3[c-]c(N4[CH-]N(c5ccc(F)cc5)C(C)(C)c5ccccc54)ccc3)ccc2)[CH-]1.[Pt+4]. The average molecular weight is 698 g/mol. The van der Waals surface area contributed by atoms with Gasteiger partial charge in [0.15, 0.2) is 0 Å². The third kappa shape index (κ3) is 5.26. The fourth-order valence-electron chi connectivity index (χ4n) is 4.83. The van der Waals surface area contributed by atoms with E-state index < -0.39 is 0 Å². The van der Waals surface area contributed by atoms with Crippen molar-refractivity contribution in [2.45, 2.75) is 19.4 Å². The fraction of sp³-hybridized carbons (Fsp3) is 0.125. The maximum atomic E-state index is 13.7. The summed E-state index contributed by atoms with van der Waals surface area (Å²) < 4.78 is 19.9. The standard InChI is InChI=1S/C32H27FN4O.Pt/c1-32(2)30-12-4-5-13-31(30)36(23-37(32)25-16-14-24(33)15-17-25)27-9-7-11-29(21-27)38-28-10-6-8-26(20-28)35-19-18-34(3)22-35;/h4-19,22-23H,1-3H3;/q-4;+4. The van der Waals surface area contributed by atoms with Crippen molar-refractivity contribution in [1.29, 1.82) is 0 Å². The Morgan fingerprint density at radius 3 is 2.13 bits per heavy atom. The van der Waals surface area contributed by atoms with Crippen LogP contribution in [-0.4, -0.2) is 11.9 Å². The van der Waals surface area contributed by atoms with Crippen LogP contribution in [0.3, 0.4) is 0 Å². The maximum Gasteiger partial charge on any atom is 4.00 e. The molecule has 0 radical (unpaired) electrons. The zero-order valence-corrected chi connectivity index (χ0v) is 24.1. The minimum absolute atomic E-state index is 0. The summed E-state index contributed by atoms with van der Waals surface area (Å²) >= 11 is 0. The van der Waals surface area contributed by atoms with Gasteiger partial charge in [-0.25, -0.2) is 4.39 Å². The van der Waals surface area contributed by atoms with Crippen LogP contribution in [0.4, 0.5) is 27.1 Å². The van der Waals surface area contributed by atoms with Crippen LogP contribution in [0.15, 0.2) is 97.3 Å². The molecule has 7 heteroatoms. The molecule has 39 heavy (non-hydrogen) atoms. The van der Waals surface area contributed by atoms with Gasteiger partial charge in [-0.15, -0.1) is 47.8 Å². The molecule has 198 valence electrons. The van der Waals surface area contributed by atoms with Gasteiger partial charge in [-0.05, 0) is 69.2 Å². The van der Waals surface area contributed by atoms with Gasteiger partial charge < -0.3 is 24.3 Å². The molecule has 2 aliphatic rings. The summed E-state index contributed by atoms with van der Waals surface area (Å²) in [6, 6.07) is 33.3. The van der Waals surface area contributed by atoms with E-state index in [1.807, 2.05) is 91.1 Å². The minimum Gasteiger partial charge on any atom is -0.510 e. The largest absolute Gasteiger partial charge is 4.00 e. The molecule has 0 bridgehead atoms. The molecule has 2 heterocycles. The monoisotopic (exact) mass is 697 g/mol. The predicted octanol–water partition coefficient (Wildman–Crippen LogP) is 7.57. The number of fused-ring (bicyclic) bond motifs is 1. The van der Waals surface area contributed by atoms with Crippen LogP contribution in [-0.2, 0) is 26.6 Å². The summed E-state index contributed by atoms with van der Waals surface area (Å²) in [5.74, 6) is 0.924. The third-order valence-electron chi connectivity index (χ3n) is 6.79. The first-order valence-corrected chi connectivity index (χ1v) is 12.4. The van der Waals surface area contributed by atoms with Crippen LogP contribution in [0.5, 0.6) is 11.5 Å². The average Bonchev–Trinajstić information content (AvgIpc) is 3.36. The molecular formula is C32H27FN4OPt. The van der Waals surface area contributed by atoms with Crippen molar-refractivity contribution in [1.82, 2.24) is 4.90 Å². The predicted molar refractivity (Wildman–Crippen MR) is 149 cm³/mol. The second-order valence-corrected chi connectivity index (χ2v) is 9.80. The number of rotatable bonds is 5. The van der Waals surface area contributed by atoms with Crippen LogP contribution in [0.1, 0.15) is 19.4 Å². The van der Waals surface area contributed by atoms with E-state index in [0.717, 1.165) is 28.3 Å². The number of para-hydroxylation sites is 1. The van der Waals surface area contributed by atoms with E-state index in [2.05, 4.69) is 47.9 Å². The molecule has 0 fully saturated rings. The van der Waals surface area contributed by atoms with Crippen molar-refractivity contribution in [2.75, 3.05) is 21.7 Å². The number of ether oxygens (including phenoxy) is 1. The Bertz CT molecular complexity index is 1490. The molecule has 0 aromatic heterocycles. The molecule has 0 aliphatic carbocycles. The van der Waals surface area contributed by atoms with E-state index in [0.29, 0.717) is 11.5 Å². The Hall–Kier alpha value is -3.76. The fourth-order valence-corrected chi connectivity index (χ4v) is 4.83. The van der Waals surface area contributed by atoms with Gasteiger partial charge in [-0.2, -0.15) is 25.5 Å². The van der Waals surface area contributed by atoms with Gasteiger partial charge in [0.05, 0.1) is 0 Å². The second-order valence-electron chi connectivity index (χ2n) is 9.80. The number of hydrogen-bond donors (Lipinski definition) is 0. The van der Waals surface area contributed by atoms with Crippen molar-refractivity contribution in [3.8, 4) is 11.5 Å². The molecule has 6 rings (SSSR count). The molecule has 0 saturated carbocycles. The van der Waals surface area contributed by atoms with E-state index in [4.69, 9.17) is 4.74 Å². The Labute approximate surface area is 244 Å². The van der Waals surface area contributed by atoms with Crippen molar-refractivity contribution in [2.24, 2.45) is 0 Å². The second kappa shape index (κ2) is 10.8. The maximum absolute atomic E-state index is 13.7. The first-order chi connectivity index (χ1) is 18.4. The number of anilines is 4. The van der Waals surface area contributed by atoms with Crippen molar-refractivity contribution in [3.63, 3.8) is 0 Å². The molecule has 4 aromatic rings. The summed E-state index contributed by atoms with van der Waals surface area (Å²) in [5, 5.41) is 0. The van der Waals surface area contributed by atoms with E-state index in [-0.39, 0.29) is 32.4 Å². The minimum atomic E-state index is -0.358. The van der Waals surface area contributed by atoms with Crippen molar-refractivity contribution < 1.29 is 30.2 Å². The molecule has 0 N–H and O–H groups in total. The molecule has 0 saturated heterocycles. The number of halogens is 1. The molecule has 5 nitrogen and oxygen atoms in total. The summed E-state index contributed by atoms with van der Waals surface area (Å²) in [5.41, 5.74) is 4.45. The summed E-state index contributed by atoms with van der Waals surface area (Å²) in [7, 11) is 1.98. The van der Waals surface area contributed by atoms with E-state index >= 15 is 0 Å². The van der Waals surface area contributed by atoms with Gasteiger partial charge in [0.1, 0.15) is 5.82 Å². The molecule has 0 amide bonds. The summed E-state index contributed by atoms with van der Waals surface area (Å²) in [6.07, 6.45) is 3.95. The molecular weight excluding hydrogens is 670 g/mol. The topological polar surface area (TPSA) is 22.2 Å². The van der Waals surface area contributed by atoms with Crippen LogP contribution in [0, 0.1) is 31.3 Å². The van der Waals surface area contributed by atoms with Crippen molar-refractivity contribution in [3.05, 3.63) is 134 Å². The molecule has 0 spiro atoms. The van der Waals surface area contributed by atoms with Crippen LogP contribution in [0.2, 0.25) is 0 Å². The summed E-state index contributed by atoms with van der Waals surface area (Å²) in [4.78, 5) is 8.21. The Morgan fingerprint density at radius 2 is 1.44 bits per heavy atom. The smallest absolute Gasteiger partial charge is 0.510 e. The van der Waals surface area contributed by atoms with Gasteiger partial charge >= 0.3 is 21.1 Å². The van der Waals surface area contributed by atoms with Gasteiger partial charge in [-0.1, -0.05) is 18.2 Å². The normalized spacial score (nSPS) is 15.7. The zero-order valence-electron chi connectivity index (χ0n) is 21.8. The first-order valence-electron chi connectivity index (χ1n) is 12.4. The molecule has 0 atom stereocenters. The number of hydrogen-bond acceptors (Lipinski definition) is 5. The van der Waals surface area contributed by atoms with Crippen LogP contribution < -0.4 is 19.4 Å². The van der Waals surface area contributed by atoms with Crippen LogP contribution in [0.25, 0.3) is 0 Å². The van der Waals surface area contributed by atoms with E-state index in [9.17, 15) is 4.39 Å². The zero-order chi connectivity index (χ0) is 26.3. The quantitative estimate of drug-likeness (QED) is 0.200. The van der Waals surface area contributed by atoms with Gasteiger partial charge in [-0.3, -0.25) is 0 Å². The van der Waals surface area contributed by atoms with Gasteiger partial charge in [0.25, 0.3) is 0 Å². The van der Waals surface area contributed by atoms with Crippen LogP contribution >= 0.6 is 0 Å².